The van der Waals surface area contributed by atoms with Crippen LogP contribution in [0.1, 0.15) is 19.8 Å². The Bertz CT molecular complexity index is 287. The average Bonchev–Trinajstić information content (AvgIpc) is 2.67. The van der Waals surface area contributed by atoms with E-state index in [1.165, 1.54) is 0 Å². The highest BCUT2D eigenvalue weighted by Crippen LogP contribution is 2.08. The van der Waals surface area contributed by atoms with Gasteiger partial charge in [0.25, 0.3) is 0 Å². The van der Waals surface area contributed by atoms with E-state index in [1.54, 1.807) is 11.8 Å². The third kappa shape index (κ3) is 5.52. The van der Waals surface area contributed by atoms with Crippen LogP contribution < -0.4 is 10.0 Å². The van der Waals surface area contributed by atoms with E-state index in [9.17, 15) is 8.42 Å². The fourth-order valence-electron chi connectivity index (χ4n) is 1.84. The molecule has 0 amide bonds. The molecular formula is C10H22N2O2S2. The molecule has 4 nitrogen and oxygen atoms in total. The molecule has 1 heterocycles. The molecule has 0 saturated carbocycles. The van der Waals surface area contributed by atoms with Crippen LogP contribution in [0.3, 0.4) is 0 Å². The van der Waals surface area contributed by atoms with Gasteiger partial charge < -0.3 is 5.32 Å². The molecule has 2 atom stereocenters. The zero-order chi connectivity index (χ0) is 12.0. The SMILES string of the molecule is CSCC(C)CNS(=O)(=O)CC1CCCN1. The summed E-state index contributed by atoms with van der Waals surface area (Å²) in [5, 5.41) is 3.20. The van der Waals surface area contributed by atoms with Gasteiger partial charge in [-0.2, -0.15) is 11.8 Å². The summed E-state index contributed by atoms with van der Waals surface area (Å²) in [5.74, 6) is 1.60. The van der Waals surface area contributed by atoms with Crippen molar-refractivity contribution in [1.29, 1.82) is 0 Å². The molecule has 0 aliphatic carbocycles. The molecule has 0 bridgehead atoms. The number of thioether (sulfide) groups is 1. The Hall–Kier alpha value is 0.220. The summed E-state index contributed by atoms with van der Waals surface area (Å²) < 4.78 is 26.2. The third-order valence-corrected chi connectivity index (χ3v) is 5.04. The molecule has 1 aliphatic rings. The molecule has 1 aliphatic heterocycles. The van der Waals surface area contributed by atoms with Crippen molar-refractivity contribution in [2.45, 2.75) is 25.8 Å². The van der Waals surface area contributed by atoms with Crippen LogP contribution in [0.25, 0.3) is 0 Å². The van der Waals surface area contributed by atoms with Gasteiger partial charge in [0.2, 0.25) is 10.0 Å². The van der Waals surface area contributed by atoms with Crippen molar-refractivity contribution in [3.8, 4) is 0 Å². The monoisotopic (exact) mass is 266 g/mol. The zero-order valence-electron chi connectivity index (χ0n) is 10.0. The Morgan fingerprint density at radius 2 is 2.31 bits per heavy atom. The van der Waals surface area contributed by atoms with Crippen LogP contribution in [0, 0.1) is 5.92 Å². The second-order valence-corrected chi connectivity index (χ2v) is 7.25. The second-order valence-electron chi connectivity index (χ2n) is 4.48. The maximum Gasteiger partial charge on any atom is 0.213 e. The minimum atomic E-state index is -3.10. The van der Waals surface area contributed by atoms with Gasteiger partial charge in [-0.15, -0.1) is 0 Å². The van der Waals surface area contributed by atoms with Crippen molar-refractivity contribution < 1.29 is 8.42 Å². The van der Waals surface area contributed by atoms with E-state index < -0.39 is 10.0 Å². The molecule has 0 aromatic rings. The Kier molecular flexibility index (Phi) is 6.10. The van der Waals surface area contributed by atoms with E-state index in [-0.39, 0.29) is 11.8 Å². The summed E-state index contributed by atoms with van der Waals surface area (Å²) >= 11 is 1.75. The van der Waals surface area contributed by atoms with Crippen molar-refractivity contribution in [2.24, 2.45) is 5.92 Å². The van der Waals surface area contributed by atoms with E-state index in [4.69, 9.17) is 0 Å². The molecule has 1 fully saturated rings. The van der Waals surface area contributed by atoms with Crippen molar-refractivity contribution in [1.82, 2.24) is 10.0 Å². The van der Waals surface area contributed by atoms with Gasteiger partial charge in [-0.05, 0) is 37.3 Å². The molecule has 2 unspecified atom stereocenters. The number of sulfonamides is 1. The van der Waals surface area contributed by atoms with Crippen molar-refractivity contribution in [2.75, 3.05) is 30.9 Å². The van der Waals surface area contributed by atoms with Crippen LogP contribution >= 0.6 is 11.8 Å². The van der Waals surface area contributed by atoms with Crippen LogP contribution in [0.2, 0.25) is 0 Å². The average molecular weight is 266 g/mol. The predicted molar refractivity (Wildman–Crippen MR) is 70.4 cm³/mol. The smallest absolute Gasteiger partial charge is 0.213 e. The Morgan fingerprint density at radius 3 is 2.88 bits per heavy atom. The molecule has 1 saturated heterocycles. The van der Waals surface area contributed by atoms with E-state index in [0.717, 1.165) is 25.1 Å². The van der Waals surface area contributed by atoms with Gasteiger partial charge in [-0.1, -0.05) is 6.92 Å². The van der Waals surface area contributed by atoms with Gasteiger partial charge in [-0.3, -0.25) is 0 Å². The standard InChI is InChI=1S/C10H22N2O2S2/c1-9(7-15-2)6-12-16(13,14)8-10-4-3-5-11-10/h9-12H,3-8H2,1-2H3. The fraction of sp³-hybridized carbons (Fsp3) is 1.00. The first-order valence-corrected chi connectivity index (χ1v) is 8.78. The Morgan fingerprint density at radius 1 is 1.56 bits per heavy atom. The molecule has 0 aromatic carbocycles. The molecular weight excluding hydrogens is 244 g/mol. The fourth-order valence-corrected chi connectivity index (χ4v) is 3.99. The molecule has 6 heteroatoms. The largest absolute Gasteiger partial charge is 0.313 e. The van der Waals surface area contributed by atoms with Crippen LogP contribution in [0.4, 0.5) is 0 Å². The highest BCUT2D eigenvalue weighted by Gasteiger charge is 2.21. The Labute approximate surface area is 103 Å². The quantitative estimate of drug-likeness (QED) is 0.711. The minimum absolute atomic E-state index is 0.147. The Balaban J connectivity index is 2.27. The maximum atomic E-state index is 11.7. The van der Waals surface area contributed by atoms with Crippen LogP contribution in [0.15, 0.2) is 0 Å². The van der Waals surface area contributed by atoms with Gasteiger partial charge in [0, 0.05) is 12.6 Å². The molecule has 0 radical (unpaired) electrons. The second kappa shape index (κ2) is 6.83. The molecule has 96 valence electrons. The lowest BCUT2D eigenvalue weighted by Crippen LogP contribution is -2.38. The van der Waals surface area contributed by atoms with Gasteiger partial charge in [0.05, 0.1) is 5.75 Å². The van der Waals surface area contributed by atoms with Gasteiger partial charge in [0.15, 0.2) is 0 Å². The van der Waals surface area contributed by atoms with Crippen LogP contribution in [-0.4, -0.2) is 45.3 Å². The van der Waals surface area contributed by atoms with E-state index >= 15 is 0 Å². The third-order valence-electron chi connectivity index (χ3n) is 2.69. The van der Waals surface area contributed by atoms with Crippen LogP contribution in [-0.2, 0) is 10.0 Å². The summed E-state index contributed by atoms with van der Waals surface area (Å²) in [6.45, 7) is 3.56. The first-order chi connectivity index (χ1) is 7.53. The molecule has 2 N–H and O–H groups in total. The minimum Gasteiger partial charge on any atom is -0.313 e. The van der Waals surface area contributed by atoms with Crippen molar-refractivity contribution >= 4 is 21.8 Å². The topological polar surface area (TPSA) is 58.2 Å². The lowest BCUT2D eigenvalue weighted by atomic mass is 10.2. The molecule has 0 spiro atoms. The number of hydrogen-bond donors (Lipinski definition) is 2. The predicted octanol–water partition coefficient (Wildman–Crippen LogP) is 0.657. The number of nitrogens with one attached hydrogen (secondary N) is 2. The van der Waals surface area contributed by atoms with E-state index in [1.807, 2.05) is 6.26 Å². The number of hydrogen-bond acceptors (Lipinski definition) is 4. The molecule has 16 heavy (non-hydrogen) atoms. The first-order valence-electron chi connectivity index (χ1n) is 5.73. The zero-order valence-corrected chi connectivity index (χ0v) is 11.7. The normalized spacial score (nSPS) is 23.5. The number of rotatable bonds is 7. The van der Waals surface area contributed by atoms with Gasteiger partial charge in [-0.25, -0.2) is 13.1 Å². The summed E-state index contributed by atoms with van der Waals surface area (Å²) in [7, 11) is -3.10. The van der Waals surface area contributed by atoms with Crippen LogP contribution in [0.5, 0.6) is 0 Å². The summed E-state index contributed by atoms with van der Waals surface area (Å²) in [6, 6.07) is 0.147. The van der Waals surface area contributed by atoms with Gasteiger partial charge in [0.1, 0.15) is 0 Å². The lowest BCUT2D eigenvalue weighted by molar-refractivity contribution is 0.549. The van der Waals surface area contributed by atoms with Crippen molar-refractivity contribution in [3.05, 3.63) is 0 Å². The highest BCUT2D eigenvalue weighted by atomic mass is 32.2. The first kappa shape index (κ1) is 14.3. The summed E-state index contributed by atoms with van der Waals surface area (Å²) in [4.78, 5) is 0. The molecule has 0 aromatic heterocycles. The lowest BCUT2D eigenvalue weighted by Gasteiger charge is -2.14. The molecule has 1 rings (SSSR count). The van der Waals surface area contributed by atoms with E-state index in [2.05, 4.69) is 17.0 Å². The maximum absolute atomic E-state index is 11.7. The highest BCUT2D eigenvalue weighted by molar-refractivity contribution is 7.98. The van der Waals surface area contributed by atoms with Gasteiger partial charge >= 0.3 is 0 Å². The summed E-state index contributed by atoms with van der Waals surface area (Å²) in [6.07, 6.45) is 4.10. The van der Waals surface area contributed by atoms with Crippen molar-refractivity contribution in [3.63, 3.8) is 0 Å². The summed E-state index contributed by atoms with van der Waals surface area (Å²) in [5.41, 5.74) is 0. The van der Waals surface area contributed by atoms with E-state index in [0.29, 0.717) is 12.5 Å².